The van der Waals surface area contributed by atoms with Crippen LogP contribution >= 0.6 is 0 Å². The molecule has 2 aliphatic heterocycles. The molecule has 3 aromatic heterocycles. The summed E-state index contributed by atoms with van der Waals surface area (Å²) in [6, 6.07) is 7.85. The number of ether oxygens (including phenoxy) is 1. The zero-order valence-electron chi connectivity index (χ0n) is 24.0. The van der Waals surface area contributed by atoms with Crippen LogP contribution in [0.3, 0.4) is 0 Å². The van der Waals surface area contributed by atoms with Gasteiger partial charge in [0.1, 0.15) is 17.2 Å². The molecule has 2 fully saturated rings. The first-order chi connectivity index (χ1) is 20.3. The van der Waals surface area contributed by atoms with Crippen molar-refractivity contribution in [1.29, 1.82) is 0 Å². The van der Waals surface area contributed by atoms with Crippen molar-refractivity contribution < 1.29 is 22.7 Å². The Labute approximate surface area is 241 Å². The summed E-state index contributed by atoms with van der Waals surface area (Å²) in [4.78, 5) is 29.1. The molecule has 2 aliphatic rings. The predicted octanol–water partition coefficient (Wildman–Crippen LogP) is 4.36. The summed E-state index contributed by atoms with van der Waals surface area (Å²) < 4.78 is 42.5. The Morgan fingerprint density at radius 2 is 1.98 bits per heavy atom. The van der Waals surface area contributed by atoms with Crippen LogP contribution in [0.1, 0.15) is 51.9 Å². The molecule has 4 aromatic rings. The van der Waals surface area contributed by atoms with Gasteiger partial charge in [0.25, 0.3) is 12.4 Å². The van der Waals surface area contributed by atoms with Crippen LogP contribution in [-0.4, -0.2) is 62.6 Å². The smallest absolute Gasteiger partial charge is 0.297 e. The van der Waals surface area contributed by atoms with Gasteiger partial charge in [0, 0.05) is 44.4 Å². The highest BCUT2D eigenvalue weighted by Crippen LogP contribution is 2.36. The highest BCUT2D eigenvalue weighted by atomic mass is 19.3. The summed E-state index contributed by atoms with van der Waals surface area (Å²) in [7, 11) is 0. The van der Waals surface area contributed by atoms with Gasteiger partial charge in [0.2, 0.25) is 5.91 Å². The maximum absolute atomic E-state index is 13.8. The van der Waals surface area contributed by atoms with E-state index in [4.69, 9.17) is 14.1 Å². The maximum atomic E-state index is 13.8. The third kappa shape index (κ3) is 4.90. The van der Waals surface area contributed by atoms with Crippen molar-refractivity contribution in [3.05, 3.63) is 53.4 Å². The quantitative estimate of drug-likeness (QED) is 0.337. The molecular formula is C31H34F2N6O3. The number of alkyl halides is 2. The van der Waals surface area contributed by atoms with Crippen LogP contribution < -0.4 is 20.3 Å². The largest absolute Gasteiger partial charge is 0.459 e. The molecule has 9 nitrogen and oxygen atoms in total. The number of likely N-dealkylation sites (tertiary alicyclic amines) is 1. The number of hydrogen-bond acceptors (Lipinski definition) is 7. The van der Waals surface area contributed by atoms with Crippen molar-refractivity contribution >= 4 is 45.9 Å². The van der Waals surface area contributed by atoms with E-state index in [1.807, 2.05) is 47.1 Å². The molecule has 6 rings (SSSR count). The molecule has 220 valence electrons. The van der Waals surface area contributed by atoms with E-state index in [0.717, 1.165) is 17.1 Å². The fraction of sp³-hybridized carbons (Fsp3) is 0.419. The Morgan fingerprint density at radius 3 is 2.69 bits per heavy atom. The predicted molar refractivity (Wildman–Crippen MR) is 157 cm³/mol. The molecule has 1 unspecified atom stereocenters. The molecule has 0 spiro atoms. The Morgan fingerprint density at radius 1 is 1.17 bits per heavy atom. The number of furan rings is 1. The van der Waals surface area contributed by atoms with E-state index < -0.39 is 12.2 Å². The number of carbonyl (C=O) groups is 1. The summed E-state index contributed by atoms with van der Waals surface area (Å²) in [6.45, 7) is 11.9. The molecular weight excluding hydrogens is 542 g/mol. The normalized spacial score (nSPS) is 22.2. The van der Waals surface area contributed by atoms with E-state index in [2.05, 4.69) is 28.0 Å². The summed E-state index contributed by atoms with van der Waals surface area (Å²) >= 11 is 0. The van der Waals surface area contributed by atoms with Crippen molar-refractivity contribution in [3.8, 4) is 6.01 Å². The number of halogens is 2. The van der Waals surface area contributed by atoms with Crippen LogP contribution in [0.25, 0.3) is 34.2 Å². The zero-order valence-corrected chi connectivity index (χ0v) is 24.0. The minimum atomic E-state index is -2.82. The number of allylic oxidation sites excluding steroid dienone is 1. The van der Waals surface area contributed by atoms with Crippen LogP contribution in [0.15, 0.2) is 41.3 Å². The van der Waals surface area contributed by atoms with Crippen LogP contribution in [0.2, 0.25) is 0 Å². The lowest BCUT2D eigenvalue weighted by atomic mass is 9.93. The Kier molecular flexibility index (Phi) is 7.42. The molecule has 1 aromatic carbocycles. The fourth-order valence-electron chi connectivity index (χ4n) is 6.24. The minimum absolute atomic E-state index is 0.0784. The van der Waals surface area contributed by atoms with Crippen molar-refractivity contribution in [2.24, 2.45) is 5.92 Å². The number of carbonyl (C=O) groups excluding carboxylic acids is 1. The average molecular weight is 577 g/mol. The van der Waals surface area contributed by atoms with Gasteiger partial charge in [-0.05, 0) is 37.5 Å². The van der Waals surface area contributed by atoms with Crippen LogP contribution in [0.4, 0.5) is 14.6 Å². The first-order valence-electron chi connectivity index (χ1n) is 14.3. The van der Waals surface area contributed by atoms with Gasteiger partial charge in [0.15, 0.2) is 17.2 Å². The van der Waals surface area contributed by atoms with Crippen molar-refractivity contribution in [2.75, 3.05) is 31.1 Å². The summed E-state index contributed by atoms with van der Waals surface area (Å²) in [6.07, 6.45) is 3.93. The third-order valence-electron chi connectivity index (χ3n) is 8.26. The summed E-state index contributed by atoms with van der Waals surface area (Å²) in [5, 5.41) is 2.38. The molecule has 0 radical (unpaired) electrons. The molecule has 0 saturated carbocycles. The van der Waals surface area contributed by atoms with E-state index in [9.17, 15) is 13.6 Å². The number of rotatable bonds is 6. The maximum Gasteiger partial charge on any atom is 0.297 e. The lowest BCUT2D eigenvalue weighted by Gasteiger charge is -2.37. The average Bonchev–Trinajstić information content (AvgIpc) is 3.68. The van der Waals surface area contributed by atoms with E-state index in [1.165, 1.54) is 0 Å². The number of fused-ring (bicyclic) bond motifs is 3. The summed E-state index contributed by atoms with van der Waals surface area (Å²) in [5.74, 6) is 0.0800. The monoisotopic (exact) mass is 576 g/mol. The number of aromatic nitrogens is 4. The van der Waals surface area contributed by atoms with E-state index in [-0.39, 0.29) is 24.0 Å². The van der Waals surface area contributed by atoms with E-state index in [1.54, 1.807) is 19.1 Å². The molecule has 5 heterocycles. The van der Waals surface area contributed by atoms with Gasteiger partial charge in [-0.1, -0.05) is 37.8 Å². The van der Waals surface area contributed by atoms with Gasteiger partial charge in [-0.25, -0.2) is 18.7 Å². The second kappa shape index (κ2) is 11.2. The Hall–Kier alpha value is -4.28. The van der Waals surface area contributed by atoms with Gasteiger partial charge in [-0.15, -0.1) is 0 Å². The number of amides is 1. The van der Waals surface area contributed by atoms with Gasteiger partial charge >= 0.3 is 0 Å². The van der Waals surface area contributed by atoms with Gasteiger partial charge in [-0.2, -0.15) is 4.98 Å². The SMILES string of the molecule is C=C/C=c1/nc(O[C@H]2CCN(c3nc(C(F)F)nc4c3oc3ccccc34)C2)n([C@@H]2CCN(C(C)=O)CC2C)/c1=C/C. The number of para-hydroxylation sites is 1. The van der Waals surface area contributed by atoms with Crippen LogP contribution in [-0.2, 0) is 4.79 Å². The topological polar surface area (TPSA) is 89.5 Å². The highest BCUT2D eigenvalue weighted by molar-refractivity contribution is 6.05. The first-order valence-corrected chi connectivity index (χ1v) is 14.3. The van der Waals surface area contributed by atoms with E-state index in [0.29, 0.717) is 66.5 Å². The van der Waals surface area contributed by atoms with Crippen molar-refractivity contribution in [1.82, 2.24) is 24.4 Å². The lowest BCUT2D eigenvalue weighted by Crippen LogP contribution is -2.45. The van der Waals surface area contributed by atoms with Crippen LogP contribution in [0.5, 0.6) is 6.01 Å². The first kappa shape index (κ1) is 27.9. The number of anilines is 1. The number of imidazole rings is 1. The van der Waals surface area contributed by atoms with Crippen molar-refractivity contribution in [2.45, 2.75) is 52.2 Å². The van der Waals surface area contributed by atoms with Crippen LogP contribution in [0, 0.1) is 5.92 Å². The molecule has 0 aliphatic carbocycles. The number of hydrogen-bond donors (Lipinski definition) is 0. The molecule has 11 heteroatoms. The zero-order chi connectivity index (χ0) is 29.5. The molecule has 1 amide bonds. The number of nitrogens with zero attached hydrogens (tertiary/aromatic N) is 6. The molecule has 42 heavy (non-hydrogen) atoms. The standard InChI is InChI=1S/C31H34F2N6O3/c1-5-9-22-23(6-2)39(24-13-15-37(19(4)40)16-18(24)3)31(34-22)41-20-12-14-38(17-20)30-27-26(35-29(36-30)28(32)33)21-10-7-8-11-25(21)42-27/h5-11,18,20,24,28H,1,12-17H2,2-4H3/b22-9+,23-6+/t18?,20-,24+/m0/s1. The lowest BCUT2D eigenvalue weighted by molar-refractivity contribution is -0.131. The molecule has 3 atom stereocenters. The van der Waals surface area contributed by atoms with Gasteiger partial charge < -0.3 is 19.0 Å². The molecule has 0 bridgehead atoms. The molecule has 0 N–H and O–H groups in total. The second-order valence-corrected chi connectivity index (χ2v) is 11.0. The number of piperidine rings is 1. The Balaban J connectivity index is 1.33. The summed E-state index contributed by atoms with van der Waals surface area (Å²) in [5.41, 5.74) is 1.34. The highest BCUT2D eigenvalue weighted by Gasteiger charge is 2.34. The minimum Gasteiger partial charge on any atom is -0.459 e. The third-order valence-corrected chi connectivity index (χ3v) is 8.26. The Bertz CT molecular complexity index is 1780. The molecule has 2 saturated heterocycles. The fourth-order valence-corrected chi connectivity index (χ4v) is 6.24. The van der Waals surface area contributed by atoms with Gasteiger partial charge in [0.05, 0.1) is 17.2 Å². The van der Waals surface area contributed by atoms with E-state index >= 15 is 0 Å². The van der Waals surface area contributed by atoms with Crippen molar-refractivity contribution in [3.63, 3.8) is 0 Å². The second-order valence-electron chi connectivity index (χ2n) is 11.0. The van der Waals surface area contributed by atoms with Gasteiger partial charge in [-0.3, -0.25) is 9.36 Å². The number of benzene rings is 1.